The van der Waals surface area contributed by atoms with Gasteiger partial charge in [0, 0.05) is 31.2 Å². The highest BCUT2D eigenvalue weighted by Crippen LogP contribution is 2.28. The van der Waals surface area contributed by atoms with Crippen molar-refractivity contribution in [2.24, 2.45) is 0 Å². The molecular weight excluding hydrogens is 394 g/mol. The number of ether oxygens (including phenoxy) is 1. The van der Waals surface area contributed by atoms with Gasteiger partial charge in [-0.25, -0.2) is 4.98 Å². The summed E-state index contributed by atoms with van der Waals surface area (Å²) >= 11 is 0. The van der Waals surface area contributed by atoms with Gasteiger partial charge >= 0.3 is 0 Å². The number of phenolic OH excluding ortho intramolecular Hbond substituents is 1. The Morgan fingerprint density at radius 1 is 1.23 bits per heavy atom. The Morgan fingerprint density at radius 3 is 2.74 bits per heavy atom. The average Bonchev–Trinajstić information content (AvgIpc) is 3.29. The summed E-state index contributed by atoms with van der Waals surface area (Å²) in [6, 6.07) is 15.1. The zero-order valence-electron chi connectivity index (χ0n) is 17.6. The molecule has 0 unspecified atom stereocenters. The highest BCUT2D eigenvalue weighted by atomic mass is 16.5. The van der Waals surface area contributed by atoms with Crippen LogP contribution in [0.4, 0.5) is 0 Å². The number of likely N-dealkylation sites (tertiary alicyclic amines) is 1. The lowest BCUT2D eigenvalue weighted by molar-refractivity contribution is 0.0904. The van der Waals surface area contributed by atoms with E-state index in [4.69, 9.17) is 9.15 Å². The number of nitrogens with one attached hydrogen (secondary N) is 1. The van der Waals surface area contributed by atoms with Gasteiger partial charge in [-0.3, -0.25) is 9.69 Å². The van der Waals surface area contributed by atoms with Crippen molar-refractivity contribution in [3.8, 4) is 23.0 Å². The molecule has 0 bridgehead atoms. The minimum atomic E-state index is -0.204. The van der Waals surface area contributed by atoms with Crippen molar-refractivity contribution in [3.63, 3.8) is 0 Å². The minimum Gasteiger partial charge on any atom is -0.504 e. The second-order valence-corrected chi connectivity index (χ2v) is 7.66. The molecule has 4 rings (SSSR count). The number of rotatable bonds is 7. The van der Waals surface area contributed by atoms with Crippen molar-refractivity contribution < 1.29 is 19.1 Å². The Morgan fingerprint density at radius 2 is 2.00 bits per heavy atom. The maximum absolute atomic E-state index is 12.6. The molecule has 1 aromatic heterocycles. The summed E-state index contributed by atoms with van der Waals surface area (Å²) in [4.78, 5) is 19.2. The van der Waals surface area contributed by atoms with E-state index in [2.05, 4.69) is 15.2 Å². The first-order chi connectivity index (χ1) is 15.1. The molecule has 0 saturated carbocycles. The molecule has 0 radical (unpaired) electrons. The van der Waals surface area contributed by atoms with Crippen LogP contribution in [0.2, 0.25) is 0 Å². The second kappa shape index (κ2) is 9.66. The molecule has 0 aliphatic carbocycles. The molecule has 31 heavy (non-hydrogen) atoms. The number of carbonyl (C=O) groups excluding carboxylic acids is 1. The molecule has 1 aliphatic heterocycles. The molecular formula is C24H27N3O4. The van der Waals surface area contributed by atoms with Gasteiger partial charge in [0.2, 0.25) is 5.89 Å². The van der Waals surface area contributed by atoms with E-state index < -0.39 is 0 Å². The van der Waals surface area contributed by atoms with Crippen LogP contribution in [0.3, 0.4) is 0 Å². The number of amides is 1. The minimum absolute atomic E-state index is 0.111. The lowest BCUT2D eigenvalue weighted by Crippen LogP contribution is -2.44. The molecule has 7 nitrogen and oxygen atoms in total. The van der Waals surface area contributed by atoms with E-state index in [9.17, 15) is 9.90 Å². The molecule has 1 fully saturated rings. The van der Waals surface area contributed by atoms with Gasteiger partial charge in [-0.05, 0) is 49.6 Å². The molecule has 162 valence electrons. The standard InChI is InChI=1S/C24H27N3O4/c1-2-30-22-14-17(8-9-21(22)28)15-27-12-10-19(11-13-27)25-23(29)20-16-31-24(26-20)18-6-4-3-5-7-18/h3-9,14,16,19,28H,2,10-13,15H2,1H3,(H,25,29). The number of nitrogens with zero attached hydrogens (tertiary/aromatic N) is 2. The predicted octanol–water partition coefficient (Wildman–Crippen LogP) is 3.84. The van der Waals surface area contributed by atoms with Gasteiger partial charge in [0.1, 0.15) is 6.26 Å². The van der Waals surface area contributed by atoms with Crippen LogP contribution in [-0.4, -0.2) is 46.6 Å². The van der Waals surface area contributed by atoms with Crippen LogP contribution >= 0.6 is 0 Å². The molecule has 0 atom stereocenters. The van der Waals surface area contributed by atoms with Crippen molar-refractivity contribution in [1.82, 2.24) is 15.2 Å². The van der Waals surface area contributed by atoms with E-state index in [1.54, 1.807) is 6.07 Å². The smallest absolute Gasteiger partial charge is 0.273 e. The average molecular weight is 421 g/mol. The van der Waals surface area contributed by atoms with Gasteiger partial charge in [-0.1, -0.05) is 24.3 Å². The summed E-state index contributed by atoms with van der Waals surface area (Å²) in [6.45, 7) is 4.95. The molecule has 2 aromatic carbocycles. The molecule has 7 heteroatoms. The summed E-state index contributed by atoms with van der Waals surface area (Å²) in [6.07, 6.45) is 3.14. The Labute approximate surface area is 181 Å². The van der Waals surface area contributed by atoms with E-state index in [0.717, 1.165) is 43.6 Å². The van der Waals surface area contributed by atoms with Gasteiger partial charge in [-0.2, -0.15) is 0 Å². The monoisotopic (exact) mass is 421 g/mol. The maximum Gasteiger partial charge on any atom is 0.273 e. The van der Waals surface area contributed by atoms with Crippen LogP contribution in [0.15, 0.2) is 59.2 Å². The number of hydrogen-bond acceptors (Lipinski definition) is 6. The quantitative estimate of drug-likeness (QED) is 0.603. The van der Waals surface area contributed by atoms with E-state index in [1.165, 1.54) is 6.26 Å². The summed E-state index contributed by atoms with van der Waals surface area (Å²) in [5.41, 5.74) is 2.24. The number of benzene rings is 2. The lowest BCUT2D eigenvalue weighted by Gasteiger charge is -2.32. The van der Waals surface area contributed by atoms with E-state index in [1.807, 2.05) is 49.4 Å². The van der Waals surface area contributed by atoms with Crippen molar-refractivity contribution in [3.05, 3.63) is 66.1 Å². The Bertz CT molecular complexity index is 1010. The number of oxazole rings is 1. The summed E-state index contributed by atoms with van der Waals surface area (Å²) in [5, 5.41) is 12.9. The van der Waals surface area contributed by atoms with Crippen LogP contribution in [0.5, 0.6) is 11.5 Å². The third kappa shape index (κ3) is 5.24. The topological polar surface area (TPSA) is 87.8 Å². The van der Waals surface area contributed by atoms with Crippen molar-refractivity contribution in [1.29, 1.82) is 0 Å². The third-order valence-corrected chi connectivity index (χ3v) is 5.41. The van der Waals surface area contributed by atoms with Gasteiger partial charge in [-0.15, -0.1) is 0 Å². The maximum atomic E-state index is 12.6. The van der Waals surface area contributed by atoms with Gasteiger partial charge < -0.3 is 19.6 Å². The molecule has 1 saturated heterocycles. The van der Waals surface area contributed by atoms with Gasteiger partial charge in [0.15, 0.2) is 17.2 Å². The summed E-state index contributed by atoms with van der Waals surface area (Å²) < 4.78 is 10.9. The van der Waals surface area contributed by atoms with Crippen LogP contribution in [0.1, 0.15) is 35.8 Å². The molecule has 3 aromatic rings. The van der Waals surface area contributed by atoms with Crippen LogP contribution < -0.4 is 10.1 Å². The fourth-order valence-corrected chi connectivity index (χ4v) is 3.77. The normalized spacial score (nSPS) is 15.0. The second-order valence-electron chi connectivity index (χ2n) is 7.66. The lowest BCUT2D eigenvalue weighted by atomic mass is 10.0. The fourth-order valence-electron chi connectivity index (χ4n) is 3.77. The van der Waals surface area contributed by atoms with Gasteiger partial charge in [0.05, 0.1) is 6.61 Å². The van der Waals surface area contributed by atoms with Crippen molar-refractivity contribution in [2.45, 2.75) is 32.4 Å². The third-order valence-electron chi connectivity index (χ3n) is 5.41. The zero-order chi connectivity index (χ0) is 21.6. The molecule has 0 spiro atoms. The number of aromatic nitrogens is 1. The molecule has 2 heterocycles. The summed E-state index contributed by atoms with van der Waals surface area (Å²) in [5.74, 6) is 0.921. The number of hydrogen-bond donors (Lipinski definition) is 2. The number of aromatic hydroxyl groups is 1. The van der Waals surface area contributed by atoms with Gasteiger partial charge in [0.25, 0.3) is 5.91 Å². The number of phenols is 1. The fraction of sp³-hybridized carbons (Fsp3) is 0.333. The highest BCUT2D eigenvalue weighted by molar-refractivity contribution is 5.92. The van der Waals surface area contributed by atoms with E-state index in [-0.39, 0.29) is 17.7 Å². The Hall–Kier alpha value is -3.32. The van der Waals surface area contributed by atoms with E-state index >= 15 is 0 Å². The predicted molar refractivity (Wildman–Crippen MR) is 117 cm³/mol. The Balaban J connectivity index is 1.28. The first kappa shape index (κ1) is 20.9. The van der Waals surface area contributed by atoms with E-state index in [0.29, 0.717) is 23.9 Å². The summed E-state index contributed by atoms with van der Waals surface area (Å²) in [7, 11) is 0. The zero-order valence-corrected chi connectivity index (χ0v) is 17.6. The number of piperidine rings is 1. The molecule has 2 N–H and O–H groups in total. The van der Waals surface area contributed by atoms with Crippen molar-refractivity contribution >= 4 is 5.91 Å². The SMILES string of the molecule is CCOc1cc(CN2CCC(NC(=O)c3coc(-c4ccccc4)n3)CC2)ccc1O. The first-order valence-electron chi connectivity index (χ1n) is 10.6. The highest BCUT2D eigenvalue weighted by Gasteiger charge is 2.23. The Kier molecular flexibility index (Phi) is 6.52. The number of carbonyl (C=O) groups is 1. The van der Waals surface area contributed by atoms with Crippen LogP contribution in [-0.2, 0) is 6.54 Å². The van der Waals surface area contributed by atoms with Crippen LogP contribution in [0.25, 0.3) is 11.5 Å². The van der Waals surface area contributed by atoms with Crippen LogP contribution in [0, 0.1) is 0 Å². The molecule has 1 amide bonds. The molecule has 1 aliphatic rings. The van der Waals surface area contributed by atoms with Crippen molar-refractivity contribution in [2.75, 3.05) is 19.7 Å². The first-order valence-corrected chi connectivity index (χ1v) is 10.6. The largest absolute Gasteiger partial charge is 0.504 e.